The van der Waals surface area contributed by atoms with Crippen LogP contribution in [0, 0.1) is 59.8 Å². The van der Waals surface area contributed by atoms with E-state index < -0.39 is 0 Å². The van der Waals surface area contributed by atoms with Crippen LogP contribution >= 0.6 is 0 Å². The molecule has 5 aromatic heterocycles. The van der Waals surface area contributed by atoms with Crippen LogP contribution in [0.2, 0.25) is 0 Å². The molecule has 0 aliphatic heterocycles. The Morgan fingerprint density at radius 3 is 0.742 bits per heavy atom. The zero-order valence-electron chi connectivity index (χ0n) is 55.2. The molecule has 0 radical (unpaired) electrons. The molecular formula is C91H66N6. The topological polar surface area (TPSA) is 56.4 Å². The van der Waals surface area contributed by atoms with Gasteiger partial charge in [0.25, 0.3) is 0 Å². The van der Waals surface area contributed by atoms with Crippen molar-refractivity contribution in [2.75, 3.05) is 0 Å². The van der Waals surface area contributed by atoms with E-state index in [1.54, 1.807) is 0 Å². The van der Waals surface area contributed by atoms with Gasteiger partial charge in [-0.1, -0.05) is 148 Å². The smallest absolute Gasteiger partial charge is 0.100 e. The van der Waals surface area contributed by atoms with E-state index in [9.17, 15) is 5.26 Å². The third-order valence-electron chi connectivity index (χ3n) is 20.3. The molecule has 5 heterocycles. The first-order chi connectivity index (χ1) is 47.4. The summed E-state index contributed by atoms with van der Waals surface area (Å²) < 4.78 is 9.58. The molecule has 18 rings (SSSR count). The quantitative estimate of drug-likeness (QED) is 0.145. The van der Waals surface area contributed by atoms with Crippen molar-refractivity contribution in [2.45, 2.75) is 48.5 Å². The highest BCUT2D eigenvalue weighted by Crippen LogP contribution is 2.54. The van der Waals surface area contributed by atoms with Gasteiger partial charge < -0.3 is 18.3 Å². The lowest BCUT2D eigenvalue weighted by molar-refractivity contribution is 1.18. The van der Waals surface area contributed by atoms with Crippen molar-refractivity contribution in [1.82, 2.24) is 23.3 Å². The number of nitrogens with zero attached hydrogens (tertiary/aromatic N) is 6. The SMILES string of the molecule is Cc1ccc2c(c1)c1ccccc1n2-c1ccc(-c2c(C#N)c(-c3ccncc3)c(-c3ccc(-n4c5ccc(C)cc5c5cc(C)ccc54)cc3)c(-c3ccc(-n4c5ccc(C)cc5c5cc(C)ccc54)cc3)c2-c2ccc(-n3c4ccc(C)cc4c4cc(C)ccc43)cc2)cc1. The number of fused-ring (bicyclic) bond motifs is 12. The minimum atomic E-state index is 0.571. The minimum Gasteiger partial charge on any atom is -0.309 e. The van der Waals surface area contributed by atoms with Gasteiger partial charge in [0.1, 0.15) is 6.07 Å². The van der Waals surface area contributed by atoms with Crippen molar-refractivity contribution in [1.29, 1.82) is 5.26 Å². The highest BCUT2D eigenvalue weighted by atomic mass is 15.0. The fourth-order valence-electron chi connectivity index (χ4n) is 15.9. The van der Waals surface area contributed by atoms with E-state index in [-0.39, 0.29) is 0 Å². The molecule has 0 saturated heterocycles. The summed E-state index contributed by atoms with van der Waals surface area (Å²) in [4.78, 5) is 4.61. The lowest BCUT2D eigenvalue weighted by atomic mass is 9.76. The molecule has 0 unspecified atom stereocenters. The molecule has 0 N–H and O–H groups in total. The van der Waals surface area contributed by atoms with Gasteiger partial charge in [0.2, 0.25) is 0 Å². The van der Waals surface area contributed by atoms with Gasteiger partial charge in [0.15, 0.2) is 0 Å². The van der Waals surface area contributed by atoms with Gasteiger partial charge in [-0.2, -0.15) is 5.26 Å². The summed E-state index contributed by atoms with van der Waals surface area (Å²) in [6, 6.07) is 99.6. The van der Waals surface area contributed by atoms with Gasteiger partial charge in [-0.05, 0) is 245 Å². The van der Waals surface area contributed by atoms with Crippen LogP contribution < -0.4 is 0 Å². The number of nitriles is 1. The Hall–Kier alpha value is -12.3. The molecule has 0 amide bonds. The van der Waals surface area contributed by atoms with Crippen LogP contribution in [-0.2, 0) is 0 Å². The first-order valence-electron chi connectivity index (χ1n) is 33.4. The summed E-state index contributed by atoms with van der Waals surface area (Å²) in [6.45, 7) is 15.2. The summed E-state index contributed by atoms with van der Waals surface area (Å²) in [5.74, 6) is 0. The molecule has 0 fully saturated rings. The van der Waals surface area contributed by atoms with E-state index in [2.05, 4.69) is 339 Å². The van der Waals surface area contributed by atoms with Crippen molar-refractivity contribution >= 4 is 87.2 Å². The first kappa shape index (κ1) is 57.4. The molecule has 6 heteroatoms. The Morgan fingerprint density at radius 2 is 0.464 bits per heavy atom. The zero-order chi connectivity index (χ0) is 65.5. The minimum absolute atomic E-state index is 0.571. The number of benzene rings is 13. The third kappa shape index (κ3) is 9.11. The second-order valence-electron chi connectivity index (χ2n) is 26.8. The Balaban J connectivity index is 0.938. The standard InChI is InChI=1S/C91H66N6/c1-54-12-35-80-71(46-54)70-10-8-9-11-79(70)94(80)66-27-19-61(20-28-66)87-78(53-92)88(65-42-44-93-45-43-65)90(63-23-31-68(32-24-63)96-83-38-15-57(4)49-74(83)75-50-58(5)16-39-84(75)96)91(64-25-33-69(34-26-64)97-85-40-17-59(6)51-76(85)77-52-60(7)18-41-86(77)97)89(87)62-21-29-67(30-22-62)95-81-36-13-55(2)47-72(81)73-48-56(3)14-37-82(73)95/h8-52H,1-7H3. The van der Waals surface area contributed by atoms with Crippen molar-refractivity contribution in [3.05, 3.63) is 318 Å². The van der Waals surface area contributed by atoms with Crippen molar-refractivity contribution in [3.8, 4) is 84.5 Å². The largest absolute Gasteiger partial charge is 0.309 e. The van der Waals surface area contributed by atoms with Crippen LogP contribution in [0.3, 0.4) is 0 Å². The molecule has 0 atom stereocenters. The van der Waals surface area contributed by atoms with Crippen LogP contribution in [0.15, 0.2) is 273 Å². The lowest BCUT2D eigenvalue weighted by Gasteiger charge is -2.26. The Kier molecular flexibility index (Phi) is 13.1. The van der Waals surface area contributed by atoms with Crippen molar-refractivity contribution < 1.29 is 0 Å². The molecular weight excluding hydrogens is 1180 g/mol. The van der Waals surface area contributed by atoms with E-state index in [1.165, 1.54) is 82.0 Å². The zero-order valence-corrected chi connectivity index (χ0v) is 55.2. The molecule has 6 nitrogen and oxygen atoms in total. The molecule has 0 aliphatic carbocycles. The predicted molar refractivity (Wildman–Crippen MR) is 407 cm³/mol. The monoisotopic (exact) mass is 1240 g/mol. The third-order valence-corrected chi connectivity index (χ3v) is 20.3. The second kappa shape index (κ2) is 22.2. The summed E-state index contributed by atoms with van der Waals surface area (Å²) in [5, 5.41) is 22.3. The molecule has 460 valence electrons. The van der Waals surface area contributed by atoms with Crippen LogP contribution in [0.25, 0.3) is 166 Å². The van der Waals surface area contributed by atoms with E-state index in [1.807, 2.05) is 12.4 Å². The van der Waals surface area contributed by atoms with E-state index in [0.29, 0.717) is 5.56 Å². The average Bonchev–Trinajstić information content (AvgIpc) is 1.69. The fraction of sp³-hybridized carbons (Fsp3) is 0.0769. The van der Waals surface area contributed by atoms with Gasteiger partial charge in [-0.25, -0.2) is 0 Å². The molecule has 0 spiro atoms. The van der Waals surface area contributed by atoms with Crippen LogP contribution in [-0.4, -0.2) is 23.3 Å². The van der Waals surface area contributed by atoms with Crippen molar-refractivity contribution in [3.63, 3.8) is 0 Å². The van der Waals surface area contributed by atoms with Gasteiger partial charge in [-0.3, -0.25) is 4.98 Å². The Morgan fingerprint density at radius 1 is 0.237 bits per heavy atom. The molecule has 97 heavy (non-hydrogen) atoms. The number of aromatic nitrogens is 5. The van der Waals surface area contributed by atoms with Crippen LogP contribution in [0.5, 0.6) is 0 Å². The number of para-hydroxylation sites is 1. The first-order valence-corrected chi connectivity index (χ1v) is 33.4. The van der Waals surface area contributed by atoms with Gasteiger partial charge in [0, 0.05) is 89.4 Å². The van der Waals surface area contributed by atoms with E-state index >= 15 is 0 Å². The van der Waals surface area contributed by atoms with Crippen LogP contribution in [0.1, 0.15) is 44.5 Å². The number of aryl methyl sites for hydroxylation is 7. The van der Waals surface area contributed by atoms with Gasteiger partial charge in [0.05, 0.1) is 49.7 Å². The lowest BCUT2D eigenvalue weighted by Crippen LogP contribution is -2.03. The summed E-state index contributed by atoms with van der Waals surface area (Å²) in [6.07, 6.45) is 3.70. The molecule has 13 aromatic carbocycles. The maximum Gasteiger partial charge on any atom is 0.100 e. The normalized spacial score (nSPS) is 11.9. The maximum absolute atomic E-state index is 12.5. The molecule has 0 aliphatic rings. The predicted octanol–water partition coefficient (Wildman–Crippen LogP) is 23.8. The molecule has 18 aromatic rings. The average molecular weight is 1240 g/mol. The number of pyridine rings is 1. The van der Waals surface area contributed by atoms with Crippen LogP contribution in [0.4, 0.5) is 0 Å². The van der Waals surface area contributed by atoms with Crippen molar-refractivity contribution in [2.24, 2.45) is 0 Å². The molecule has 0 bridgehead atoms. The fourth-order valence-corrected chi connectivity index (χ4v) is 15.9. The highest BCUT2D eigenvalue weighted by Gasteiger charge is 2.30. The van der Waals surface area contributed by atoms with Gasteiger partial charge >= 0.3 is 0 Å². The number of rotatable bonds is 9. The van der Waals surface area contributed by atoms with E-state index in [0.717, 1.165) is 123 Å². The summed E-state index contributed by atoms with van der Waals surface area (Å²) >= 11 is 0. The number of hydrogen-bond acceptors (Lipinski definition) is 2. The molecule has 0 saturated carbocycles. The Labute approximate surface area is 563 Å². The summed E-state index contributed by atoms with van der Waals surface area (Å²) in [5.41, 5.74) is 31.9. The Bertz CT molecular complexity index is 6170. The highest BCUT2D eigenvalue weighted by molar-refractivity contribution is 6.15. The number of hydrogen-bond donors (Lipinski definition) is 0. The van der Waals surface area contributed by atoms with E-state index in [4.69, 9.17) is 0 Å². The maximum atomic E-state index is 12.5. The van der Waals surface area contributed by atoms with Gasteiger partial charge in [-0.15, -0.1) is 0 Å². The summed E-state index contributed by atoms with van der Waals surface area (Å²) in [7, 11) is 0. The second-order valence-corrected chi connectivity index (χ2v) is 26.8.